The zero-order chi connectivity index (χ0) is 35.2. The summed E-state index contributed by atoms with van der Waals surface area (Å²) in [6.07, 6.45) is 1.44. The van der Waals surface area contributed by atoms with Crippen LogP contribution in [0.4, 0.5) is 11.4 Å². The standard InChI is InChI=1S/C39H29N3O7S/c1-49-33-21-26(43)18-17-24(33)19-32(42-38(47)23-9-3-2-4-10-23)39(48)40-25-11-7-12-27(20-25)50-22-34(44)41-31-16-8-15-30-35(31)37(46)29-14-6-5-13-28(29)36(30)45/h2-21,43H,22H2,1H3,(H,40,48)(H,41,44)(H,42,47)/b32-19+. The number of anilines is 2. The summed E-state index contributed by atoms with van der Waals surface area (Å²) < 4.78 is 5.35. The molecule has 0 aromatic heterocycles. The second kappa shape index (κ2) is 14.8. The number of hydrogen-bond acceptors (Lipinski definition) is 8. The predicted molar refractivity (Wildman–Crippen MR) is 191 cm³/mol. The highest BCUT2D eigenvalue weighted by atomic mass is 32.2. The molecule has 0 saturated heterocycles. The van der Waals surface area contributed by atoms with Crippen LogP contribution < -0.4 is 20.7 Å². The Morgan fingerprint density at radius 1 is 0.760 bits per heavy atom. The Kier molecular flexibility index (Phi) is 9.87. The van der Waals surface area contributed by atoms with Crippen LogP contribution in [0.25, 0.3) is 6.08 Å². The van der Waals surface area contributed by atoms with E-state index in [-0.39, 0.29) is 51.3 Å². The van der Waals surface area contributed by atoms with Gasteiger partial charge in [-0.05, 0) is 54.6 Å². The van der Waals surface area contributed by atoms with Gasteiger partial charge in [-0.1, -0.05) is 60.7 Å². The second-order valence-corrected chi connectivity index (χ2v) is 12.1. The highest BCUT2D eigenvalue weighted by Crippen LogP contribution is 2.32. The van der Waals surface area contributed by atoms with Crippen molar-refractivity contribution in [3.8, 4) is 11.5 Å². The number of phenolic OH excluding ortho intramolecular Hbond substituents is 1. The lowest BCUT2D eigenvalue weighted by Crippen LogP contribution is -2.30. The van der Waals surface area contributed by atoms with E-state index in [4.69, 9.17) is 4.74 Å². The molecule has 4 N–H and O–H groups in total. The normalized spacial score (nSPS) is 12.0. The van der Waals surface area contributed by atoms with Gasteiger partial charge in [0.2, 0.25) is 5.91 Å². The van der Waals surface area contributed by atoms with Gasteiger partial charge in [0.1, 0.15) is 17.2 Å². The third-order valence-electron chi connectivity index (χ3n) is 7.73. The molecule has 3 amide bonds. The molecule has 0 fully saturated rings. The molecule has 11 heteroatoms. The summed E-state index contributed by atoms with van der Waals surface area (Å²) >= 11 is 1.20. The number of aromatic hydroxyl groups is 1. The van der Waals surface area contributed by atoms with Crippen LogP contribution in [0.1, 0.15) is 47.8 Å². The Bertz CT molecular complexity index is 2200. The molecule has 0 spiro atoms. The number of methoxy groups -OCH3 is 1. The molecule has 5 aromatic rings. The first kappa shape index (κ1) is 33.4. The minimum Gasteiger partial charge on any atom is -0.508 e. The Labute approximate surface area is 291 Å². The fourth-order valence-corrected chi connectivity index (χ4v) is 6.12. The van der Waals surface area contributed by atoms with Crippen molar-refractivity contribution >= 4 is 58.5 Å². The number of phenols is 1. The van der Waals surface area contributed by atoms with Gasteiger partial charge in [-0.2, -0.15) is 0 Å². The summed E-state index contributed by atoms with van der Waals surface area (Å²) in [6, 6.07) is 31.0. The molecule has 248 valence electrons. The van der Waals surface area contributed by atoms with Crippen LogP contribution in [0.5, 0.6) is 11.5 Å². The van der Waals surface area contributed by atoms with Gasteiger partial charge in [0.15, 0.2) is 11.6 Å². The van der Waals surface area contributed by atoms with Crippen LogP contribution in [-0.4, -0.2) is 47.3 Å². The molecule has 0 unspecified atom stereocenters. The number of hydrogen-bond donors (Lipinski definition) is 4. The molecule has 0 atom stereocenters. The molecule has 10 nitrogen and oxygen atoms in total. The van der Waals surface area contributed by atoms with Crippen molar-refractivity contribution in [1.82, 2.24) is 5.32 Å². The molecule has 1 aliphatic carbocycles. The molecular weight excluding hydrogens is 655 g/mol. The Morgan fingerprint density at radius 3 is 2.22 bits per heavy atom. The number of carbonyl (C=O) groups excluding carboxylic acids is 5. The number of fused-ring (bicyclic) bond motifs is 2. The van der Waals surface area contributed by atoms with Gasteiger partial charge in [0.25, 0.3) is 11.8 Å². The smallest absolute Gasteiger partial charge is 0.272 e. The van der Waals surface area contributed by atoms with Crippen LogP contribution in [0.15, 0.2) is 126 Å². The molecular formula is C39H29N3O7S. The minimum absolute atomic E-state index is 0.0289. The van der Waals surface area contributed by atoms with Gasteiger partial charge in [-0.15, -0.1) is 11.8 Å². The quantitative estimate of drug-likeness (QED) is 0.0968. The number of nitrogens with one attached hydrogen (secondary N) is 3. The van der Waals surface area contributed by atoms with Crippen molar-refractivity contribution in [3.63, 3.8) is 0 Å². The first-order valence-electron chi connectivity index (χ1n) is 15.3. The molecule has 50 heavy (non-hydrogen) atoms. The third kappa shape index (κ3) is 7.33. The van der Waals surface area contributed by atoms with Gasteiger partial charge in [-0.3, -0.25) is 24.0 Å². The van der Waals surface area contributed by atoms with Crippen molar-refractivity contribution in [2.45, 2.75) is 4.90 Å². The van der Waals surface area contributed by atoms with Crippen LogP contribution in [0.2, 0.25) is 0 Å². The van der Waals surface area contributed by atoms with Crippen molar-refractivity contribution in [2.75, 3.05) is 23.5 Å². The summed E-state index contributed by atoms with van der Waals surface area (Å²) in [5, 5.41) is 18.1. The SMILES string of the molecule is COc1cc(O)ccc1/C=C(/NC(=O)c1ccccc1)C(=O)Nc1cccc(SCC(=O)Nc2cccc3c2C(=O)c2ccccc2C3=O)c1. The summed E-state index contributed by atoms with van der Waals surface area (Å²) in [4.78, 5) is 66.7. The molecule has 1 aliphatic rings. The van der Waals surface area contributed by atoms with Crippen LogP contribution in [0.3, 0.4) is 0 Å². The average molecular weight is 684 g/mol. The summed E-state index contributed by atoms with van der Waals surface area (Å²) in [6.45, 7) is 0. The van der Waals surface area contributed by atoms with E-state index in [0.29, 0.717) is 32.8 Å². The minimum atomic E-state index is -0.626. The lowest BCUT2D eigenvalue weighted by molar-refractivity contribution is -0.114. The van der Waals surface area contributed by atoms with E-state index in [1.807, 2.05) is 0 Å². The summed E-state index contributed by atoms with van der Waals surface area (Å²) in [5.41, 5.74) is 2.37. The predicted octanol–water partition coefficient (Wildman–Crippen LogP) is 6.32. The number of carbonyl (C=O) groups is 5. The fourth-order valence-electron chi connectivity index (χ4n) is 5.36. The largest absolute Gasteiger partial charge is 0.508 e. The molecule has 0 heterocycles. The number of amides is 3. The Balaban J connectivity index is 1.16. The fraction of sp³-hybridized carbons (Fsp3) is 0.0513. The van der Waals surface area contributed by atoms with Gasteiger partial charge in [0.05, 0.1) is 24.1 Å². The zero-order valence-electron chi connectivity index (χ0n) is 26.6. The van der Waals surface area contributed by atoms with Crippen LogP contribution in [-0.2, 0) is 9.59 Å². The first-order chi connectivity index (χ1) is 24.2. The van der Waals surface area contributed by atoms with Crippen molar-refractivity contribution in [1.29, 1.82) is 0 Å². The Morgan fingerprint density at radius 2 is 1.46 bits per heavy atom. The topological polar surface area (TPSA) is 151 Å². The summed E-state index contributed by atoms with van der Waals surface area (Å²) in [5.74, 6) is -1.91. The number of ether oxygens (including phenoxy) is 1. The first-order valence-corrected chi connectivity index (χ1v) is 16.3. The van der Waals surface area contributed by atoms with E-state index >= 15 is 0 Å². The van der Waals surface area contributed by atoms with E-state index in [0.717, 1.165) is 0 Å². The number of thioether (sulfide) groups is 1. The molecule has 6 rings (SSSR count). The molecule has 0 radical (unpaired) electrons. The van der Waals surface area contributed by atoms with E-state index < -0.39 is 17.7 Å². The molecule has 5 aromatic carbocycles. The molecule has 0 bridgehead atoms. The van der Waals surface area contributed by atoms with E-state index in [1.165, 1.54) is 37.1 Å². The van der Waals surface area contributed by atoms with Gasteiger partial charge in [0, 0.05) is 44.5 Å². The zero-order valence-corrected chi connectivity index (χ0v) is 27.4. The highest BCUT2D eigenvalue weighted by Gasteiger charge is 2.31. The highest BCUT2D eigenvalue weighted by molar-refractivity contribution is 8.00. The van der Waals surface area contributed by atoms with Crippen LogP contribution in [0, 0.1) is 0 Å². The maximum Gasteiger partial charge on any atom is 0.272 e. The van der Waals surface area contributed by atoms with E-state index in [9.17, 15) is 29.1 Å². The monoisotopic (exact) mass is 683 g/mol. The van der Waals surface area contributed by atoms with Crippen LogP contribution >= 0.6 is 11.8 Å². The van der Waals surface area contributed by atoms with Gasteiger partial charge < -0.3 is 25.8 Å². The number of rotatable bonds is 10. The molecule has 0 aliphatic heterocycles. The van der Waals surface area contributed by atoms with Crippen molar-refractivity contribution < 1.29 is 33.8 Å². The number of benzene rings is 5. The Hall–Kier alpha value is -6.46. The second-order valence-electron chi connectivity index (χ2n) is 11.1. The molecule has 0 saturated carbocycles. The van der Waals surface area contributed by atoms with Crippen molar-refractivity contribution in [2.24, 2.45) is 0 Å². The lowest BCUT2D eigenvalue weighted by atomic mass is 9.83. The maximum atomic E-state index is 13.6. The lowest BCUT2D eigenvalue weighted by Gasteiger charge is -2.20. The summed E-state index contributed by atoms with van der Waals surface area (Å²) in [7, 11) is 1.42. The number of ketones is 2. The average Bonchev–Trinajstić information content (AvgIpc) is 3.13. The van der Waals surface area contributed by atoms with Crippen molar-refractivity contribution in [3.05, 3.63) is 154 Å². The third-order valence-corrected chi connectivity index (χ3v) is 8.73. The maximum absolute atomic E-state index is 13.6. The van der Waals surface area contributed by atoms with E-state index in [2.05, 4.69) is 16.0 Å². The van der Waals surface area contributed by atoms with Gasteiger partial charge in [-0.25, -0.2) is 0 Å². The van der Waals surface area contributed by atoms with Gasteiger partial charge >= 0.3 is 0 Å². The van der Waals surface area contributed by atoms with E-state index in [1.54, 1.807) is 103 Å².